The summed E-state index contributed by atoms with van der Waals surface area (Å²) >= 11 is 0. The molecule has 0 bridgehead atoms. The number of hydrogen-bond donors (Lipinski definition) is 2. The van der Waals surface area contributed by atoms with Crippen molar-refractivity contribution < 1.29 is 9.90 Å². The second-order valence-electron chi connectivity index (χ2n) is 6.18. The number of aliphatic hydroxyl groups excluding tert-OH is 1. The topological polar surface area (TPSA) is 66.6 Å². The van der Waals surface area contributed by atoms with E-state index in [-0.39, 0.29) is 11.8 Å². The number of amides is 1. The number of aryl methyl sites for hydroxylation is 2. The van der Waals surface area contributed by atoms with Gasteiger partial charge in [-0.15, -0.1) is 0 Å². The van der Waals surface area contributed by atoms with E-state index in [1.807, 2.05) is 19.1 Å². The predicted octanol–water partition coefficient (Wildman–Crippen LogP) is 1.92. The maximum Gasteiger partial charge on any atom is 0.220 e. The highest BCUT2D eigenvalue weighted by Crippen LogP contribution is 2.23. The largest absolute Gasteiger partial charge is 0.388 e. The van der Waals surface area contributed by atoms with E-state index in [1.165, 1.54) is 5.56 Å². The van der Waals surface area contributed by atoms with Crippen molar-refractivity contribution in [1.82, 2.24) is 4.90 Å². The summed E-state index contributed by atoms with van der Waals surface area (Å²) in [6.07, 6.45) is 1.99. The quantitative estimate of drug-likeness (QED) is 0.870. The van der Waals surface area contributed by atoms with Crippen LogP contribution < -0.4 is 5.73 Å². The van der Waals surface area contributed by atoms with Crippen molar-refractivity contribution >= 4 is 5.91 Å². The van der Waals surface area contributed by atoms with Crippen molar-refractivity contribution in [2.45, 2.75) is 39.2 Å². The van der Waals surface area contributed by atoms with Crippen LogP contribution in [0.4, 0.5) is 0 Å². The highest BCUT2D eigenvalue weighted by molar-refractivity contribution is 5.76. The lowest BCUT2D eigenvalue weighted by Crippen LogP contribution is -2.39. The van der Waals surface area contributed by atoms with Gasteiger partial charge < -0.3 is 15.7 Å². The van der Waals surface area contributed by atoms with Crippen LogP contribution >= 0.6 is 0 Å². The molecule has 4 nitrogen and oxygen atoms in total. The van der Waals surface area contributed by atoms with E-state index < -0.39 is 6.10 Å². The number of primary amides is 1. The van der Waals surface area contributed by atoms with Gasteiger partial charge in [-0.3, -0.25) is 4.79 Å². The molecular formula is C17H26N2O2. The van der Waals surface area contributed by atoms with Crippen molar-refractivity contribution in [1.29, 1.82) is 0 Å². The summed E-state index contributed by atoms with van der Waals surface area (Å²) in [5.74, 6) is -0.143. The third kappa shape index (κ3) is 4.29. The third-order valence-corrected chi connectivity index (χ3v) is 4.49. The molecule has 4 heteroatoms. The number of carbonyl (C=O) groups excluding carboxylic acids is 1. The zero-order chi connectivity index (χ0) is 15.4. The fraction of sp³-hybridized carbons (Fsp3) is 0.588. The number of nitrogens with zero attached hydrogens (tertiary/aromatic N) is 1. The van der Waals surface area contributed by atoms with E-state index in [0.29, 0.717) is 0 Å². The van der Waals surface area contributed by atoms with Gasteiger partial charge in [0.25, 0.3) is 0 Å². The van der Waals surface area contributed by atoms with E-state index in [4.69, 9.17) is 5.73 Å². The summed E-state index contributed by atoms with van der Waals surface area (Å²) in [6, 6.07) is 6.18. The molecule has 2 rings (SSSR count). The van der Waals surface area contributed by atoms with Gasteiger partial charge >= 0.3 is 0 Å². The monoisotopic (exact) mass is 290 g/mol. The third-order valence-electron chi connectivity index (χ3n) is 4.49. The molecule has 3 N–H and O–H groups in total. The summed E-state index contributed by atoms with van der Waals surface area (Å²) in [5, 5.41) is 10.4. The van der Waals surface area contributed by atoms with Crippen LogP contribution in [0.2, 0.25) is 0 Å². The van der Waals surface area contributed by atoms with Crippen LogP contribution in [0.5, 0.6) is 0 Å². The van der Waals surface area contributed by atoms with Crippen molar-refractivity contribution in [2.75, 3.05) is 19.6 Å². The van der Waals surface area contributed by atoms with Crippen molar-refractivity contribution in [3.63, 3.8) is 0 Å². The smallest absolute Gasteiger partial charge is 0.220 e. The minimum Gasteiger partial charge on any atom is -0.388 e. The number of carbonyl (C=O) groups is 1. The first-order chi connectivity index (χ1) is 9.97. The first-order valence-corrected chi connectivity index (χ1v) is 7.74. The number of hydrogen-bond acceptors (Lipinski definition) is 3. The van der Waals surface area contributed by atoms with Crippen LogP contribution in [0.1, 0.15) is 42.1 Å². The molecule has 116 valence electrons. The van der Waals surface area contributed by atoms with Gasteiger partial charge in [-0.2, -0.15) is 0 Å². The summed E-state index contributed by atoms with van der Waals surface area (Å²) in [5.41, 5.74) is 8.73. The van der Waals surface area contributed by atoms with Crippen LogP contribution in [0, 0.1) is 19.8 Å². The van der Waals surface area contributed by atoms with Gasteiger partial charge in [0.1, 0.15) is 0 Å². The highest BCUT2D eigenvalue weighted by atomic mass is 16.3. The van der Waals surface area contributed by atoms with Crippen molar-refractivity contribution in [2.24, 2.45) is 11.7 Å². The fourth-order valence-corrected chi connectivity index (χ4v) is 3.10. The molecule has 1 amide bonds. The Labute approximate surface area is 126 Å². The minimum atomic E-state index is -0.417. The maximum absolute atomic E-state index is 11.1. The second kappa shape index (κ2) is 7.05. The van der Waals surface area contributed by atoms with E-state index in [2.05, 4.69) is 17.9 Å². The average Bonchev–Trinajstić information content (AvgIpc) is 2.45. The molecule has 1 aliphatic rings. The van der Waals surface area contributed by atoms with Gasteiger partial charge in [0.2, 0.25) is 5.91 Å². The summed E-state index contributed by atoms with van der Waals surface area (Å²) in [7, 11) is 0. The molecule has 0 aliphatic carbocycles. The lowest BCUT2D eigenvalue weighted by molar-refractivity contribution is -0.123. The molecule has 1 aromatic rings. The Morgan fingerprint density at radius 1 is 1.38 bits per heavy atom. The molecule has 1 fully saturated rings. The van der Waals surface area contributed by atoms with Gasteiger partial charge in [0.15, 0.2) is 0 Å². The molecule has 0 radical (unpaired) electrons. The van der Waals surface area contributed by atoms with Crippen molar-refractivity contribution in [3.05, 3.63) is 34.9 Å². The Kier molecular flexibility index (Phi) is 5.37. The molecule has 1 aliphatic heterocycles. The van der Waals surface area contributed by atoms with Gasteiger partial charge in [0.05, 0.1) is 6.10 Å². The van der Waals surface area contributed by atoms with E-state index in [0.717, 1.165) is 50.0 Å². The number of aliphatic hydroxyl groups is 1. The number of piperidine rings is 1. The highest BCUT2D eigenvalue weighted by Gasteiger charge is 2.23. The molecule has 1 aromatic carbocycles. The summed E-state index contributed by atoms with van der Waals surface area (Å²) in [6.45, 7) is 6.76. The SMILES string of the molecule is Cc1ccc(C(O)CCN2CCC(C(N)=O)CC2)c(C)c1. The lowest BCUT2D eigenvalue weighted by Gasteiger charge is -2.31. The summed E-state index contributed by atoms with van der Waals surface area (Å²) in [4.78, 5) is 13.5. The Hall–Kier alpha value is -1.39. The first-order valence-electron chi connectivity index (χ1n) is 7.74. The number of benzene rings is 1. The van der Waals surface area contributed by atoms with E-state index in [9.17, 15) is 9.90 Å². The van der Waals surface area contributed by atoms with Gasteiger partial charge in [-0.25, -0.2) is 0 Å². The molecule has 1 unspecified atom stereocenters. The molecule has 1 saturated heterocycles. The fourth-order valence-electron chi connectivity index (χ4n) is 3.10. The molecular weight excluding hydrogens is 264 g/mol. The zero-order valence-corrected chi connectivity index (χ0v) is 13.0. The Balaban J connectivity index is 1.82. The van der Waals surface area contributed by atoms with Gasteiger partial charge in [-0.1, -0.05) is 23.8 Å². The van der Waals surface area contributed by atoms with Crippen molar-refractivity contribution in [3.8, 4) is 0 Å². The Morgan fingerprint density at radius 3 is 2.62 bits per heavy atom. The molecule has 1 atom stereocenters. The van der Waals surface area contributed by atoms with Crippen LogP contribution in [0.3, 0.4) is 0 Å². The predicted molar refractivity (Wildman–Crippen MR) is 83.9 cm³/mol. The normalized spacial score (nSPS) is 18.6. The molecule has 21 heavy (non-hydrogen) atoms. The van der Waals surface area contributed by atoms with Gasteiger partial charge in [0, 0.05) is 12.5 Å². The number of likely N-dealkylation sites (tertiary alicyclic amines) is 1. The Morgan fingerprint density at radius 2 is 2.05 bits per heavy atom. The van der Waals surface area contributed by atoms with E-state index >= 15 is 0 Å². The van der Waals surface area contributed by atoms with Gasteiger partial charge in [-0.05, 0) is 57.3 Å². The number of rotatable bonds is 5. The standard InChI is InChI=1S/C17H26N2O2/c1-12-3-4-15(13(2)11-12)16(20)7-10-19-8-5-14(6-9-19)17(18)21/h3-4,11,14,16,20H,5-10H2,1-2H3,(H2,18,21). The van der Waals surface area contributed by atoms with E-state index in [1.54, 1.807) is 0 Å². The number of nitrogens with two attached hydrogens (primary N) is 1. The minimum absolute atomic E-state index is 0.0329. The first kappa shape index (κ1) is 16.0. The molecule has 0 aromatic heterocycles. The summed E-state index contributed by atoms with van der Waals surface area (Å²) < 4.78 is 0. The van der Waals surface area contributed by atoms with Crippen LogP contribution in [-0.4, -0.2) is 35.5 Å². The molecule has 1 heterocycles. The average molecular weight is 290 g/mol. The lowest BCUT2D eigenvalue weighted by atomic mass is 9.95. The second-order valence-corrected chi connectivity index (χ2v) is 6.18. The van der Waals surface area contributed by atoms with Crippen LogP contribution in [0.15, 0.2) is 18.2 Å². The zero-order valence-electron chi connectivity index (χ0n) is 13.0. The maximum atomic E-state index is 11.1. The van der Waals surface area contributed by atoms with Crippen LogP contribution in [0.25, 0.3) is 0 Å². The Bertz CT molecular complexity index is 494. The van der Waals surface area contributed by atoms with Crippen LogP contribution in [-0.2, 0) is 4.79 Å². The molecule has 0 saturated carbocycles. The molecule has 0 spiro atoms.